The van der Waals surface area contributed by atoms with Crippen LogP contribution in [0.2, 0.25) is 5.02 Å². The van der Waals surface area contributed by atoms with Crippen LogP contribution in [0.5, 0.6) is 5.88 Å². The predicted octanol–water partition coefficient (Wildman–Crippen LogP) is 2.77. The van der Waals surface area contributed by atoms with Crippen molar-refractivity contribution in [2.24, 2.45) is 0 Å². The first kappa shape index (κ1) is 18.5. The van der Waals surface area contributed by atoms with Crippen LogP contribution >= 0.6 is 11.6 Å². The van der Waals surface area contributed by atoms with Crippen LogP contribution < -0.4 is 9.64 Å². The van der Waals surface area contributed by atoms with Gasteiger partial charge in [0, 0.05) is 43.5 Å². The molecule has 0 aliphatic carbocycles. The van der Waals surface area contributed by atoms with Crippen molar-refractivity contribution in [3.63, 3.8) is 0 Å². The number of anilines is 1. The molecule has 0 N–H and O–H groups in total. The second kappa shape index (κ2) is 7.50. The number of amides is 1. The molecule has 0 bridgehead atoms. The van der Waals surface area contributed by atoms with Crippen molar-refractivity contribution in [3.8, 4) is 5.88 Å². The van der Waals surface area contributed by atoms with Gasteiger partial charge in [0.25, 0.3) is 0 Å². The third-order valence-electron chi connectivity index (χ3n) is 4.76. The third kappa shape index (κ3) is 3.60. The van der Waals surface area contributed by atoms with E-state index in [0.717, 1.165) is 5.56 Å². The largest absolute Gasteiger partial charge is 0.481 e. The number of benzene rings is 1. The molecule has 3 rings (SSSR count). The van der Waals surface area contributed by atoms with Crippen molar-refractivity contribution in [2.45, 2.75) is 19.3 Å². The molecule has 2 aromatic rings. The molecule has 7 heteroatoms. The number of methoxy groups -OCH3 is 1. The van der Waals surface area contributed by atoms with Gasteiger partial charge in [0.2, 0.25) is 17.7 Å². The molecule has 0 radical (unpaired) electrons. The Balaban J connectivity index is 1.69. The lowest BCUT2D eigenvalue weighted by Gasteiger charge is -2.39. The molecule has 1 amide bonds. The number of carbonyl (C=O) groups excluding carboxylic acids is 1. The molecule has 1 aliphatic rings. The average Bonchev–Trinajstić information content (AvgIpc) is 2.67. The van der Waals surface area contributed by atoms with Crippen molar-refractivity contribution in [2.75, 3.05) is 38.2 Å². The Morgan fingerprint density at radius 2 is 1.85 bits per heavy atom. The Morgan fingerprint density at radius 1 is 1.15 bits per heavy atom. The Hall–Kier alpha value is -2.34. The summed E-state index contributed by atoms with van der Waals surface area (Å²) in [5, 5.41) is 0.620. The fraction of sp³-hybridized carbons (Fsp3) is 0.421. The van der Waals surface area contributed by atoms with E-state index >= 15 is 0 Å². The van der Waals surface area contributed by atoms with E-state index < -0.39 is 5.41 Å². The molecule has 1 aliphatic heterocycles. The molecule has 1 aromatic heterocycles. The van der Waals surface area contributed by atoms with E-state index in [1.165, 1.54) is 0 Å². The molecule has 138 valence electrons. The molecule has 0 atom stereocenters. The van der Waals surface area contributed by atoms with E-state index in [0.29, 0.717) is 43.0 Å². The highest BCUT2D eigenvalue weighted by Crippen LogP contribution is 2.32. The summed E-state index contributed by atoms with van der Waals surface area (Å²) in [6.07, 6.45) is 1.68. The summed E-state index contributed by atoms with van der Waals surface area (Å²) in [5.41, 5.74) is 0.178. The smallest absolute Gasteiger partial charge is 0.232 e. The maximum atomic E-state index is 13.1. The molecule has 6 nitrogen and oxygen atoms in total. The molecule has 2 heterocycles. The molecule has 1 saturated heterocycles. The highest BCUT2D eigenvalue weighted by molar-refractivity contribution is 6.31. The number of aromatic nitrogens is 2. The van der Waals surface area contributed by atoms with E-state index in [1.807, 2.05) is 43.0 Å². The van der Waals surface area contributed by atoms with Crippen molar-refractivity contribution >= 4 is 23.5 Å². The second-order valence-electron chi connectivity index (χ2n) is 6.78. The Bertz CT molecular complexity index is 789. The highest BCUT2D eigenvalue weighted by atomic mass is 35.5. The SMILES string of the molecule is COc1ccnc(N2CCN(C(=O)C(C)(C)c3ccccc3Cl)CC2)n1. The number of halogens is 1. The minimum absolute atomic E-state index is 0.0804. The van der Waals surface area contributed by atoms with Gasteiger partial charge in [-0.15, -0.1) is 0 Å². The number of piperazine rings is 1. The number of carbonyl (C=O) groups is 1. The van der Waals surface area contributed by atoms with Crippen molar-refractivity contribution in [1.82, 2.24) is 14.9 Å². The molecule has 0 saturated carbocycles. The van der Waals surface area contributed by atoms with Gasteiger partial charge < -0.3 is 14.5 Å². The van der Waals surface area contributed by atoms with Gasteiger partial charge in [-0.25, -0.2) is 4.98 Å². The maximum Gasteiger partial charge on any atom is 0.232 e. The third-order valence-corrected chi connectivity index (χ3v) is 5.09. The summed E-state index contributed by atoms with van der Waals surface area (Å²) in [6.45, 7) is 6.44. The number of nitrogens with zero attached hydrogens (tertiary/aromatic N) is 4. The van der Waals surface area contributed by atoms with Crippen LogP contribution in [-0.4, -0.2) is 54.1 Å². The maximum absolute atomic E-state index is 13.1. The van der Waals surface area contributed by atoms with Crippen LogP contribution in [0.3, 0.4) is 0 Å². The first-order valence-electron chi connectivity index (χ1n) is 8.60. The lowest BCUT2D eigenvalue weighted by Crippen LogP contribution is -2.53. The normalized spacial score (nSPS) is 15.1. The van der Waals surface area contributed by atoms with Gasteiger partial charge in [-0.05, 0) is 25.5 Å². The summed E-state index contributed by atoms with van der Waals surface area (Å²) in [5.74, 6) is 1.24. The summed E-state index contributed by atoms with van der Waals surface area (Å²) >= 11 is 6.32. The van der Waals surface area contributed by atoms with Crippen molar-refractivity contribution in [3.05, 3.63) is 47.1 Å². The van der Waals surface area contributed by atoms with Gasteiger partial charge in [0.05, 0.1) is 12.5 Å². The second-order valence-corrected chi connectivity index (χ2v) is 7.19. The van der Waals surface area contributed by atoms with Crippen LogP contribution in [0.25, 0.3) is 0 Å². The number of rotatable bonds is 4. The van der Waals surface area contributed by atoms with E-state index in [1.54, 1.807) is 19.4 Å². The zero-order valence-electron chi connectivity index (χ0n) is 15.3. The molecule has 26 heavy (non-hydrogen) atoms. The molecule has 0 spiro atoms. The minimum Gasteiger partial charge on any atom is -0.481 e. The summed E-state index contributed by atoms with van der Waals surface area (Å²) < 4.78 is 5.16. The Kier molecular flexibility index (Phi) is 5.32. The lowest BCUT2D eigenvalue weighted by atomic mass is 9.83. The van der Waals surface area contributed by atoms with Crippen LogP contribution in [0.1, 0.15) is 19.4 Å². The molecule has 0 unspecified atom stereocenters. The quantitative estimate of drug-likeness (QED) is 0.823. The number of ether oxygens (including phenoxy) is 1. The van der Waals surface area contributed by atoms with Gasteiger partial charge in [0.1, 0.15) is 0 Å². The fourth-order valence-corrected chi connectivity index (χ4v) is 3.56. The predicted molar refractivity (Wildman–Crippen MR) is 102 cm³/mol. The average molecular weight is 375 g/mol. The fourth-order valence-electron chi connectivity index (χ4n) is 3.19. The zero-order chi connectivity index (χ0) is 18.7. The zero-order valence-corrected chi connectivity index (χ0v) is 16.0. The summed E-state index contributed by atoms with van der Waals surface area (Å²) in [6, 6.07) is 9.24. The van der Waals surface area contributed by atoms with Gasteiger partial charge in [0.15, 0.2) is 0 Å². The van der Waals surface area contributed by atoms with Crippen LogP contribution in [0.15, 0.2) is 36.5 Å². The van der Waals surface area contributed by atoms with Gasteiger partial charge >= 0.3 is 0 Å². The van der Waals surface area contributed by atoms with Crippen LogP contribution in [0.4, 0.5) is 5.95 Å². The topological polar surface area (TPSA) is 58.6 Å². The molecule has 1 aromatic carbocycles. The highest BCUT2D eigenvalue weighted by Gasteiger charge is 2.36. The van der Waals surface area contributed by atoms with Crippen molar-refractivity contribution in [1.29, 1.82) is 0 Å². The van der Waals surface area contributed by atoms with Crippen molar-refractivity contribution < 1.29 is 9.53 Å². The number of hydrogen-bond acceptors (Lipinski definition) is 5. The Morgan fingerprint density at radius 3 is 2.50 bits per heavy atom. The van der Waals surface area contributed by atoms with Crippen LogP contribution in [0, 0.1) is 0 Å². The standard InChI is InChI=1S/C19H23ClN4O2/c1-19(2,14-6-4-5-7-15(14)20)17(25)23-10-12-24(13-11-23)18-21-9-8-16(22-18)26-3/h4-9H,10-13H2,1-3H3. The van der Waals surface area contributed by atoms with E-state index in [9.17, 15) is 4.79 Å². The summed E-state index contributed by atoms with van der Waals surface area (Å²) in [4.78, 5) is 25.7. The monoisotopic (exact) mass is 374 g/mol. The summed E-state index contributed by atoms with van der Waals surface area (Å²) in [7, 11) is 1.58. The molecular formula is C19H23ClN4O2. The first-order valence-corrected chi connectivity index (χ1v) is 8.97. The van der Waals surface area contributed by atoms with Gasteiger partial charge in [-0.2, -0.15) is 4.98 Å². The minimum atomic E-state index is -0.674. The van der Waals surface area contributed by atoms with Gasteiger partial charge in [-0.3, -0.25) is 4.79 Å². The van der Waals surface area contributed by atoms with E-state index in [-0.39, 0.29) is 5.91 Å². The molecule has 1 fully saturated rings. The van der Waals surface area contributed by atoms with E-state index in [2.05, 4.69) is 14.9 Å². The number of hydrogen-bond donors (Lipinski definition) is 0. The van der Waals surface area contributed by atoms with Crippen LogP contribution in [-0.2, 0) is 10.2 Å². The lowest BCUT2D eigenvalue weighted by molar-refractivity contribution is -0.136. The Labute approximate surface area is 158 Å². The molecular weight excluding hydrogens is 352 g/mol. The van der Waals surface area contributed by atoms with E-state index in [4.69, 9.17) is 16.3 Å². The first-order chi connectivity index (χ1) is 12.4. The van der Waals surface area contributed by atoms with Gasteiger partial charge in [-0.1, -0.05) is 29.8 Å².